The summed E-state index contributed by atoms with van der Waals surface area (Å²) in [6, 6.07) is 0. The third-order valence-electron chi connectivity index (χ3n) is 5.30. The van der Waals surface area contributed by atoms with E-state index in [1.165, 1.54) is 19.8 Å². The topological polar surface area (TPSA) is 71.6 Å². The first-order valence-electron chi connectivity index (χ1n) is 10.3. The first-order chi connectivity index (χ1) is 14.2. The molecular formula is C25H37NO4. The average Bonchev–Trinajstić information content (AvgIpc) is 2.73. The molecule has 0 aliphatic heterocycles. The van der Waals surface area contributed by atoms with E-state index in [-0.39, 0.29) is 17.1 Å². The van der Waals surface area contributed by atoms with Gasteiger partial charge < -0.3 is 19.6 Å². The van der Waals surface area contributed by atoms with E-state index in [9.17, 15) is 9.90 Å². The van der Waals surface area contributed by atoms with E-state index in [4.69, 9.17) is 9.47 Å². The second-order valence-electron chi connectivity index (χ2n) is 7.73. The maximum atomic E-state index is 12.4. The summed E-state index contributed by atoms with van der Waals surface area (Å²) in [4.78, 5) is 15.6. The zero-order chi connectivity index (χ0) is 22.8. The predicted molar refractivity (Wildman–Crippen MR) is 124 cm³/mol. The van der Waals surface area contributed by atoms with E-state index in [0.29, 0.717) is 17.9 Å². The summed E-state index contributed by atoms with van der Waals surface area (Å²) in [5.41, 5.74) is 4.61. The number of pyridine rings is 1. The van der Waals surface area contributed by atoms with Gasteiger partial charge >= 0.3 is 0 Å². The van der Waals surface area contributed by atoms with Crippen LogP contribution in [0.4, 0.5) is 0 Å². The van der Waals surface area contributed by atoms with Gasteiger partial charge in [0.05, 0.1) is 20.3 Å². The lowest BCUT2D eigenvalue weighted by Gasteiger charge is -2.16. The summed E-state index contributed by atoms with van der Waals surface area (Å²) >= 11 is 0. The molecule has 5 nitrogen and oxygen atoms in total. The van der Waals surface area contributed by atoms with Crippen molar-refractivity contribution >= 4 is 0 Å². The standard InChI is InChI=1S/C25H37NO4/c1-9-18(4)22(27)19(5)15-17(3)12-10-11-16(2)13-14-21-20(6)23(28)24(29-7)25(26-21)30-8/h9-10,12-13,15,19,22,27H,11,14H2,1-8H3,(H,26,28)/b12-10-,16-13+,17-15+,18-9+/t19-,22+/m1/s1. The van der Waals surface area contributed by atoms with Gasteiger partial charge in [-0.25, -0.2) is 0 Å². The Morgan fingerprint density at radius 3 is 2.43 bits per heavy atom. The molecule has 1 aromatic heterocycles. The Morgan fingerprint density at radius 2 is 1.87 bits per heavy atom. The molecule has 1 aromatic rings. The molecule has 0 fully saturated rings. The van der Waals surface area contributed by atoms with Crippen molar-refractivity contribution in [2.24, 2.45) is 5.92 Å². The molecule has 0 saturated carbocycles. The number of allylic oxidation sites excluding steroid dienone is 6. The molecule has 0 saturated heterocycles. The van der Waals surface area contributed by atoms with Gasteiger partial charge in [-0.1, -0.05) is 48.5 Å². The lowest BCUT2D eigenvalue weighted by molar-refractivity contribution is 0.173. The van der Waals surface area contributed by atoms with Gasteiger partial charge in [0.1, 0.15) is 0 Å². The van der Waals surface area contributed by atoms with Gasteiger partial charge in [-0.15, -0.1) is 0 Å². The van der Waals surface area contributed by atoms with Crippen LogP contribution in [0.1, 0.15) is 52.3 Å². The molecule has 0 bridgehead atoms. The van der Waals surface area contributed by atoms with Crippen LogP contribution in [0.2, 0.25) is 0 Å². The Bertz CT molecular complexity index is 887. The number of H-pyrrole nitrogens is 1. The summed E-state index contributed by atoms with van der Waals surface area (Å²) in [5.74, 6) is 0.611. The fraction of sp³-hybridized carbons (Fsp3) is 0.480. The normalized spacial score (nSPS) is 15.4. The van der Waals surface area contributed by atoms with Gasteiger partial charge in [0, 0.05) is 23.6 Å². The maximum Gasteiger partial charge on any atom is 0.238 e. The SMILES string of the molecule is C/C=C(\C)[C@H](O)[C@H](C)/C=C(C)/C=C\C/C(C)=C/Cc1[nH]c(OC)c(OC)c(=O)c1C. The molecule has 0 unspecified atom stereocenters. The van der Waals surface area contributed by atoms with Crippen LogP contribution < -0.4 is 14.9 Å². The van der Waals surface area contributed by atoms with Crippen LogP contribution in [-0.2, 0) is 6.42 Å². The lowest BCUT2D eigenvalue weighted by atomic mass is 9.96. The van der Waals surface area contributed by atoms with Crippen LogP contribution in [0.5, 0.6) is 11.6 Å². The molecule has 166 valence electrons. The predicted octanol–water partition coefficient (Wildman–Crippen LogP) is 5.05. The van der Waals surface area contributed by atoms with E-state index in [0.717, 1.165) is 23.3 Å². The van der Waals surface area contributed by atoms with Gasteiger partial charge in [-0.2, -0.15) is 0 Å². The smallest absolute Gasteiger partial charge is 0.238 e. The van der Waals surface area contributed by atoms with E-state index >= 15 is 0 Å². The van der Waals surface area contributed by atoms with Gasteiger partial charge in [-0.3, -0.25) is 4.79 Å². The minimum Gasteiger partial charge on any atom is -0.488 e. The monoisotopic (exact) mass is 415 g/mol. The third kappa shape index (κ3) is 7.06. The summed E-state index contributed by atoms with van der Waals surface area (Å²) in [5, 5.41) is 10.3. The molecular weight excluding hydrogens is 378 g/mol. The van der Waals surface area contributed by atoms with E-state index < -0.39 is 6.10 Å². The molecule has 1 heterocycles. The number of hydrogen-bond donors (Lipinski definition) is 2. The van der Waals surface area contributed by atoms with Gasteiger partial charge in [0.25, 0.3) is 0 Å². The quantitative estimate of drug-likeness (QED) is 0.415. The fourth-order valence-corrected chi connectivity index (χ4v) is 3.17. The van der Waals surface area contributed by atoms with Crippen molar-refractivity contribution < 1.29 is 14.6 Å². The Hall–Kier alpha value is -2.53. The highest BCUT2D eigenvalue weighted by Gasteiger charge is 2.15. The molecule has 0 amide bonds. The number of aliphatic hydroxyl groups excluding tert-OH is 1. The second kappa shape index (κ2) is 12.2. The van der Waals surface area contributed by atoms with Crippen LogP contribution in [0.25, 0.3) is 0 Å². The lowest BCUT2D eigenvalue weighted by Crippen LogP contribution is -2.17. The molecule has 0 aliphatic rings. The minimum absolute atomic E-state index is 0.0624. The van der Waals surface area contributed by atoms with Crippen molar-refractivity contribution in [1.82, 2.24) is 4.98 Å². The van der Waals surface area contributed by atoms with Crippen LogP contribution in [0.15, 0.2) is 51.9 Å². The number of rotatable bonds is 10. The number of hydrogen-bond acceptors (Lipinski definition) is 4. The second-order valence-corrected chi connectivity index (χ2v) is 7.73. The summed E-state index contributed by atoms with van der Waals surface area (Å²) in [6.45, 7) is 11.8. The zero-order valence-corrected chi connectivity index (χ0v) is 19.6. The third-order valence-corrected chi connectivity index (χ3v) is 5.30. The van der Waals surface area contributed by atoms with Crippen LogP contribution in [0.3, 0.4) is 0 Å². The van der Waals surface area contributed by atoms with Gasteiger partial charge in [-0.05, 0) is 46.6 Å². The van der Waals surface area contributed by atoms with E-state index in [2.05, 4.69) is 36.2 Å². The van der Waals surface area contributed by atoms with Crippen molar-refractivity contribution in [3.8, 4) is 11.6 Å². The Balaban J connectivity index is 2.80. The molecule has 5 heteroatoms. The fourth-order valence-electron chi connectivity index (χ4n) is 3.17. The summed E-state index contributed by atoms with van der Waals surface area (Å²) in [6.07, 6.45) is 11.3. The molecule has 0 spiro atoms. The van der Waals surface area contributed by atoms with Crippen molar-refractivity contribution in [1.29, 1.82) is 0 Å². The van der Waals surface area contributed by atoms with Crippen molar-refractivity contribution in [2.45, 2.75) is 60.5 Å². The van der Waals surface area contributed by atoms with Crippen molar-refractivity contribution in [3.05, 3.63) is 68.6 Å². The van der Waals surface area contributed by atoms with Crippen LogP contribution >= 0.6 is 0 Å². The first-order valence-corrected chi connectivity index (χ1v) is 10.3. The highest BCUT2D eigenvalue weighted by molar-refractivity contribution is 5.40. The number of nitrogens with one attached hydrogen (secondary N) is 1. The summed E-state index contributed by atoms with van der Waals surface area (Å²) < 4.78 is 10.4. The van der Waals surface area contributed by atoms with E-state index in [1.807, 2.05) is 33.8 Å². The Morgan fingerprint density at radius 1 is 1.20 bits per heavy atom. The number of aromatic nitrogens is 1. The highest BCUT2D eigenvalue weighted by atomic mass is 16.5. The Labute approximate surface area is 180 Å². The number of methoxy groups -OCH3 is 2. The minimum atomic E-state index is -0.452. The number of ether oxygens (including phenoxy) is 2. The molecule has 2 atom stereocenters. The average molecular weight is 416 g/mol. The van der Waals surface area contributed by atoms with E-state index in [1.54, 1.807) is 6.92 Å². The number of aliphatic hydroxyl groups is 1. The van der Waals surface area contributed by atoms with Crippen molar-refractivity contribution in [2.75, 3.05) is 14.2 Å². The maximum absolute atomic E-state index is 12.4. The van der Waals surface area contributed by atoms with Crippen LogP contribution in [-0.4, -0.2) is 30.4 Å². The molecule has 0 aliphatic carbocycles. The largest absolute Gasteiger partial charge is 0.488 e. The van der Waals surface area contributed by atoms with Gasteiger partial charge in [0.15, 0.2) is 0 Å². The molecule has 0 aromatic carbocycles. The molecule has 0 radical (unpaired) electrons. The highest BCUT2D eigenvalue weighted by Crippen LogP contribution is 2.22. The van der Waals surface area contributed by atoms with Gasteiger partial charge in [0.2, 0.25) is 17.1 Å². The molecule has 2 N–H and O–H groups in total. The molecule has 30 heavy (non-hydrogen) atoms. The Kier molecular flexibility index (Phi) is 10.4. The van der Waals surface area contributed by atoms with Crippen molar-refractivity contribution in [3.63, 3.8) is 0 Å². The number of aromatic amines is 1. The zero-order valence-electron chi connectivity index (χ0n) is 19.6. The first kappa shape index (κ1) is 25.5. The summed E-state index contributed by atoms with van der Waals surface area (Å²) in [7, 11) is 2.97. The van der Waals surface area contributed by atoms with Crippen LogP contribution in [0, 0.1) is 12.8 Å². The molecule has 1 rings (SSSR count).